The topological polar surface area (TPSA) is 98.3 Å². The third-order valence-corrected chi connectivity index (χ3v) is 9.91. The molecule has 254 valence electrons. The lowest BCUT2D eigenvalue weighted by molar-refractivity contribution is 0.167. The highest BCUT2D eigenvalue weighted by Gasteiger charge is 2.41. The first kappa shape index (κ1) is 33.9. The number of hydrazone groups is 1. The molecule has 0 radical (unpaired) electrons. The number of fused-ring (bicyclic) bond motifs is 1. The highest BCUT2D eigenvalue weighted by molar-refractivity contribution is 9.10. The largest absolute Gasteiger partial charge is 0.382 e. The summed E-state index contributed by atoms with van der Waals surface area (Å²) in [6, 6.07) is 47.3. The van der Waals surface area contributed by atoms with Gasteiger partial charge in [0.1, 0.15) is 16.9 Å². The van der Waals surface area contributed by atoms with E-state index < -0.39 is 5.54 Å². The molecule has 4 N–H and O–H groups in total. The molecule has 0 atom stereocenters. The molecule has 8 heteroatoms. The van der Waals surface area contributed by atoms with E-state index in [-0.39, 0.29) is 0 Å². The van der Waals surface area contributed by atoms with Crippen molar-refractivity contribution in [3.63, 3.8) is 0 Å². The zero-order chi connectivity index (χ0) is 35.5. The van der Waals surface area contributed by atoms with Crippen molar-refractivity contribution in [1.82, 2.24) is 19.7 Å². The zero-order valence-electron chi connectivity index (χ0n) is 29.0. The molecule has 0 spiro atoms. The number of nitrogens with two attached hydrogens (primary N) is 2. The number of aryl methyl sites for hydroxylation is 3. The third kappa shape index (κ3) is 6.44. The van der Waals surface area contributed by atoms with Crippen LogP contribution in [0.5, 0.6) is 0 Å². The quantitative estimate of drug-likeness (QED) is 0.0481. The molecular weight excluding hydrogens is 694 g/mol. The molecular formula is C43H40BrN7. The average Bonchev–Trinajstić information content (AvgIpc) is 3.50. The van der Waals surface area contributed by atoms with Gasteiger partial charge in [-0.3, -0.25) is 0 Å². The minimum absolute atomic E-state index is 0.297. The van der Waals surface area contributed by atoms with Crippen molar-refractivity contribution in [3.8, 4) is 11.1 Å². The van der Waals surface area contributed by atoms with Gasteiger partial charge in [-0.25, -0.2) is 20.9 Å². The van der Waals surface area contributed by atoms with E-state index in [9.17, 15) is 0 Å². The van der Waals surface area contributed by atoms with Gasteiger partial charge >= 0.3 is 0 Å². The molecule has 7 rings (SSSR count). The maximum atomic E-state index is 7.12. The number of benzene rings is 5. The lowest BCUT2D eigenvalue weighted by Crippen LogP contribution is -2.50. The van der Waals surface area contributed by atoms with E-state index in [4.69, 9.17) is 26.6 Å². The molecule has 5 aromatic carbocycles. The number of hydrogen-bond donors (Lipinski definition) is 2. The lowest BCUT2D eigenvalue weighted by Gasteiger charge is -2.41. The van der Waals surface area contributed by atoms with Crippen LogP contribution in [0.3, 0.4) is 0 Å². The third-order valence-electron chi connectivity index (χ3n) is 9.41. The second-order valence-corrected chi connectivity index (χ2v) is 13.7. The first-order chi connectivity index (χ1) is 24.8. The van der Waals surface area contributed by atoms with Gasteiger partial charge in [-0.2, -0.15) is 0 Å². The number of imidazole rings is 1. The molecule has 7 aromatic rings. The van der Waals surface area contributed by atoms with Crippen LogP contribution in [-0.2, 0) is 18.5 Å². The Bertz CT molecular complexity index is 2220. The second kappa shape index (κ2) is 14.3. The molecule has 7 nitrogen and oxygen atoms in total. The molecule has 0 saturated heterocycles. The van der Waals surface area contributed by atoms with Crippen molar-refractivity contribution in [1.29, 1.82) is 0 Å². The molecule has 51 heavy (non-hydrogen) atoms. The normalized spacial score (nSPS) is 12.0. The maximum Gasteiger partial charge on any atom is 0.160 e. The first-order valence-corrected chi connectivity index (χ1v) is 17.9. The highest BCUT2D eigenvalue weighted by Crippen LogP contribution is 2.41. The summed E-state index contributed by atoms with van der Waals surface area (Å²) in [5.41, 5.74) is 16.8. The summed E-state index contributed by atoms with van der Waals surface area (Å²) < 4.78 is 3.16. The lowest BCUT2D eigenvalue weighted by atomic mass is 9.77. The van der Waals surface area contributed by atoms with Gasteiger partial charge in [0.2, 0.25) is 0 Å². The van der Waals surface area contributed by atoms with E-state index in [0.29, 0.717) is 12.4 Å². The van der Waals surface area contributed by atoms with Gasteiger partial charge in [-0.15, -0.1) is 5.10 Å². The van der Waals surface area contributed by atoms with Gasteiger partial charge in [-0.05, 0) is 77.1 Å². The van der Waals surface area contributed by atoms with Crippen LogP contribution >= 0.6 is 15.9 Å². The summed E-state index contributed by atoms with van der Waals surface area (Å²) in [4.78, 5) is 9.79. The SMILES string of the molecule is CCc1nc2c(C)cc(C)nc2n1Cc1ccc(-c2cc(Br)ccc2/C(N)=N/N(N)C(c2ccccc2)(c2ccccc2)c2ccccc2)cc1. The van der Waals surface area contributed by atoms with Gasteiger partial charge in [0.05, 0.1) is 6.54 Å². The van der Waals surface area contributed by atoms with Crippen LogP contribution in [0.25, 0.3) is 22.3 Å². The molecule has 0 saturated carbocycles. The molecule has 0 fully saturated rings. The standard InChI is InChI=1S/C43H40BrN7/c1-4-39-48-40-29(2)26-30(3)47-42(40)50(39)28-31-20-22-32(23-21-31)38-27-36(44)24-25-37(38)41(45)49-51(46)43(33-14-8-5-9-15-33,34-16-10-6-11-17-34)35-18-12-7-13-19-35/h5-27H,4,28,46H2,1-3H3,(H2,45,49). The molecule has 0 aliphatic heterocycles. The Labute approximate surface area is 307 Å². The number of hydrogen-bond acceptors (Lipinski definition) is 5. The van der Waals surface area contributed by atoms with Crippen LogP contribution in [0.15, 0.2) is 149 Å². The van der Waals surface area contributed by atoms with Crippen molar-refractivity contribution in [2.24, 2.45) is 16.7 Å². The Balaban J connectivity index is 1.28. The minimum Gasteiger partial charge on any atom is -0.382 e. The Kier molecular flexibility index (Phi) is 9.54. The number of pyridine rings is 1. The van der Waals surface area contributed by atoms with Crippen molar-refractivity contribution < 1.29 is 0 Å². The van der Waals surface area contributed by atoms with Gasteiger partial charge in [-0.1, -0.05) is 138 Å². The monoisotopic (exact) mass is 733 g/mol. The van der Waals surface area contributed by atoms with Crippen molar-refractivity contribution in [3.05, 3.63) is 189 Å². The number of halogens is 1. The van der Waals surface area contributed by atoms with Crippen LogP contribution in [0, 0.1) is 13.8 Å². The Morgan fingerprint density at radius 1 is 0.765 bits per heavy atom. The molecule has 2 aromatic heterocycles. The number of amidine groups is 1. The summed E-state index contributed by atoms with van der Waals surface area (Å²) in [5, 5.41) is 6.48. The van der Waals surface area contributed by atoms with E-state index in [1.807, 2.05) is 73.7 Å². The Morgan fingerprint density at radius 2 is 1.33 bits per heavy atom. The van der Waals surface area contributed by atoms with Gasteiger partial charge in [0.25, 0.3) is 0 Å². The summed E-state index contributed by atoms with van der Waals surface area (Å²) in [5.74, 6) is 8.44. The minimum atomic E-state index is -0.966. The van der Waals surface area contributed by atoms with Crippen molar-refractivity contribution >= 4 is 32.9 Å². The number of nitrogens with zero attached hydrogens (tertiary/aromatic N) is 5. The fourth-order valence-electron chi connectivity index (χ4n) is 7.02. The fourth-order valence-corrected chi connectivity index (χ4v) is 7.38. The molecule has 0 aliphatic carbocycles. The molecule has 0 amide bonds. The zero-order valence-corrected chi connectivity index (χ0v) is 30.5. The summed E-state index contributed by atoms with van der Waals surface area (Å²) >= 11 is 3.69. The van der Waals surface area contributed by atoms with E-state index >= 15 is 0 Å². The van der Waals surface area contributed by atoms with Gasteiger partial charge in [0, 0.05) is 22.2 Å². The Hall–Kier alpha value is -5.57. The number of aromatic nitrogens is 3. The van der Waals surface area contributed by atoms with Crippen LogP contribution < -0.4 is 11.6 Å². The average molecular weight is 735 g/mol. The molecule has 0 aliphatic rings. The number of rotatable bonds is 10. The predicted octanol–water partition coefficient (Wildman–Crippen LogP) is 8.88. The van der Waals surface area contributed by atoms with Crippen LogP contribution in [0.2, 0.25) is 0 Å². The van der Waals surface area contributed by atoms with Crippen LogP contribution in [-0.4, -0.2) is 25.5 Å². The van der Waals surface area contributed by atoms with E-state index in [2.05, 4.69) is 107 Å². The molecule has 0 unspecified atom stereocenters. The van der Waals surface area contributed by atoms with Gasteiger partial charge < -0.3 is 10.3 Å². The van der Waals surface area contributed by atoms with E-state index in [1.54, 1.807) is 0 Å². The highest BCUT2D eigenvalue weighted by atomic mass is 79.9. The first-order valence-electron chi connectivity index (χ1n) is 17.1. The fraction of sp³-hybridized carbons (Fsp3) is 0.140. The maximum absolute atomic E-state index is 7.12. The van der Waals surface area contributed by atoms with Crippen molar-refractivity contribution in [2.75, 3.05) is 0 Å². The Morgan fingerprint density at radius 3 is 1.88 bits per heavy atom. The number of hydrazine groups is 1. The van der Waals surface area contributed by atoms with Gasteiger partial charge in [0.15, 0.2) is 11.5 Å². The van der Waals surface area contributed by atoms with E-state index in [0.717, 1.165) is 78.1 Å². The summed E-state index contributed by atoms with van der Waals surface area (Å²) in [6.45, 7) is 6.94. The second-order valence-electron chi connectivity index (χ2n) is 12.7. The van der Waals surface area contributed by atoms with Crippen LogP contribution in [0.4, 0.5) is 0 Å². The summed E-state index contributed by atoms with van der Waals surface area (Å²) in [7, 11) is 0. The summed E-state index contributed by atoms with van der Waals surface area (Å²) in [6.07, 6.45) is 0.825. The predicted molar refractivity (Wildman–Crippen MR) is 211 cm³/mol. The van der Waals surface area contributed by atoms with Crippen LogP contribution in [0.1, 0.15) is 51.8 Å². The van der Waals surface area contributed by atoms with E-state index in [1.165, 1.54) is 5.12 Å². The molecule has 2 heterocycles. The van der Waals surface area contributed by atoms with Crippen molar-refractivity contribution in [2.45, 2.75) is 39.3 Å². The smallest absolute Gasteiger partial charge is 0.160 e. The molecule has 0 bridgehead atoms.